The fourth-order valence-corrected chi connectivity index (χ4v) is 1.61. The molecule has 0 aliphatic carbocycles. The van der Waals surface area contributed by atoms with Gasteiger partial charge >= 0.3 is 5.69 Å². The summed E-state index contributed by atoms with van der Waals surface area (Å²) in [6.45, 7) is 0. The maximum atomic E-state index is 10.8. The van der Waals surface area contributed by atoms with Gasteiger partial charge in [0.05, 0.1) is 12.0 Å². The molecular weight excluding hydrogens is 222 g/mol. The summed E-state index contributed by atoms with van der Waals surface area (Å²) in [5.74, 6) is 0.966. The van der Waals surface area contributed by atoms with Crippen LogP contribution in [0.3, 0.4) is 0 Å². The van der Waals surface area contributed by atoms with Crippen LogP contribution in [0.2, 0.25) is 0 Å². The molecule has 0 amide bonds. The van der Waals surface area contributed by atoms with E-state index in [-0.39, 0.29) is 11.4 Å². The average Bonchev–Trinajstić information content (AvgIpc) is 2.74. The minimum atomic E-state index is -0.471. The van der Waals surface area contributed by atoms with Crippen molar-refractivity contribution in [2.75, 3.05) is 7.11 Å². The smallest absolute Gasteiger partial charge is 0.310 e. The minimum Gasteiger partial charge on any atom is -0.490 e. The minimum absolute atomic E-state index is 0.0505. The second-order valence-corrected chi connectivity index (χ2v) is 3.51. The van der Waals surface area contributed by atoms with Crippen molar-refractivity contribution in [3.05, 3.63) is 40.7 Å². The first-order valence-corrected chi connectivity index (χ1v) is 4.93. The van der Waals surface area contributed by atoms with Crippen molar-refractivity contribution < 1.29 is 9.66 Å². The van der Waals surface area contributed by atoms with Gasteiger partial charge in [-0.3, -0.25) is 10.1 Å². The van der Waals surface area contributed by atoms with E-state index in [2.05, 4.69) is 4.98 Å². The second kappa shape index (κ2) is 4.25. The Morgan fingerprint density at radius 1 is 1.47 bits per heavy atom. The SMILES string of the molecule is COc1cc(-c2nccn2C)ccc1[N+](=O)[O-]. The van der Waals surface area contributed by atoms with E-state index in [1.165, 1.54) is 13.2 Å². The van der Waals surface area contributed by atoms with E-state index in [1.807, 2.05) is 17.8 Å². The third-order valence-electron chi connectivity index (χ3n) is 2.46. The molecule has 6 nitrogen and oxygen atoms in total. The van der Waals surface area contributed by atoms with Gasteiger partial charge in [0.15, 0.2) is 5.75 Å². The molecule has 0 N–H and O–H groups in total. The van der Waals surface area contributed by atoms with Crippen molar-refractivity contribution in [1.82, 2.24) is 9.55 Å². The molecule has 0 saturated heterocycles. The van der Waals surface area contributed by atoms with Crippen molar-refractivity contribution in [3.63, 3.8) is 0 Å². The molecule has 0 unspecified atom stereocenters. The van der Waals surface area contributed by atoms with Crippen molar-refractivity contribution in [1.29, 1.82) is 0 Å². The van der Waals surface area contributed by atoms with Crippen molar-refractivity contribution in [2.45, 2.75) is 0 Å². The lowest BCUT2D eigenvalue weighted by Gasteiger charge is -2.05. The standard InChI is InChI=1S/C11H11N3O3/c1-13-6-5-12-11(13)8-3-4-9(14(15)16)10(7-8)17-2/h3-7H,1-2H3. The molecule has 0 saturated carbocycles. The summed E-state index contributed by atoms with van der Waals surface area (Å²) >= 11 is 0. The molecule has 88 valence electrons. The van der Waals surface area contributed by atoms with Crippen molar-refractivity contribution in [2.24, 2.45) is 7.05 Å². The van der Waals surface area contributed by atoms with E-state index in [0.29, 0.717) is 0 Å². The largest absolute Gasteiger partial charge is 0.490 e. The van der Waals surface area contributed by atoms with Gasteiger partial charge in [0, 0.05) is 31.1 Å². The molecule has 17 heavy (non-hydrogen) atoms. The van der Waals surface area contributed by atoms with Crippen LogP contribution < -0.4 is 4.74 Å². The molecule has 0 bridgehead atoms. The Hall–Kier alpha value is -2.37. The Morgan fingerprint density at radius 2 is 2.24 bits per heavy atom. The summed E-state index contributed by atoms with van der Waals surface area (Å²) in [6.07, 6.45) is 3.48. The predicted molar refractivity (Wildman–Crippen MR) is 61.9 cm³/mol. The lowest BCUT2D eigenvalue weighted by molar-refractivity contribution is -0.385. The van der Waals surface area contributed by atoms with Crippen LogP contribution in [0.4, 0.5) is 5.69 Å². The Labute approximate surface area is 97.6 Å². The van der Waals surface area contributed by atoms with E-state index in [0.717, 1.165) is 11.4 Å². The van der Waals surface area contributed by atoms with Crippen LogP contribution in [-0.4, -0.2) is 21.6 Å². The fraction of sp³-hybridized carbons (Fsp3) is 0.182. The van der Waals surface area contributed by atoms with E-state index in [9.17, 15) is 10.1 Å². The van der Waals surface area contributed by atoms with Gasteiger partial charge in [0.2, 0.25) is 0 Å². The summed E-state index contributed by atoms with van der Waals surface area (Å²) in [5.41, 5.74) is 0.727. The number of ether oxygens (including phenoxy) is 1. The molecular formula is C11H11N3O3. The molecule has 0 aliphatic heterocycles. The maximum absolute atomic E-state index is 10.8. The molecule has 0 fully saturated rings. The summed E-state index contributed by atoms with van der Waals surface area (Å²) < 4.78 is 6.84. The van der Waals surface area contributed by atoms with Crippen LogP contribution in [0.25, 0.3) is 11.4 Å². The number of nitro groups is 1. The number of methoxy groups -OCH3 is 1. The first-order valence-electron chi connectivity index (χ1n) is 4.93. The van der Waals surface area contributed by atoms with E-state index < -0.39 is 4.92 Å². The topological polar surface area (TPSA) is 70.2 Å². The fourth-order valence-electron chi connectivity index (χ4n) is 1.61. The van der Waals surface area contributed by atoms with Gasteiger partial charge in [-0.2, -0.15) is 0 Å². The van der Waals surface area contributed by atoms with Crippen LogP contribution in [0.15, 0.2) is 30.6 Å². The van der Waals surface area contributed by atoms with Gasteiger partial charge in [-0.25, -0.2) is 4.98 Å². The Bertz CT molecular complexity index is 563. The van der Waals surface area contributed by atoms with Crippen molar-refractivity contribution >= 4 is 5.69 Å². The number of aryl methyl sites for hydroxylation is 1. The van der Waals surface area contributed by atoms with E-state index in [1.54, 1.807) is 18.3 Å². The number of aromatic nitrogens is 2. The molecule has 2 aromatic rings. The number of rotatable bonds is 3. The molecule has 2 rings (SSSR count). The lowest BCUT2D eigenvalue weighted by atomic mass is 10.2. The lowest BCUT2D eigenvalue weighted by Crippen LogP contribution is -1.96. The van der Waals surface area contributed by atoms with Gasteiger partial charge in [-0.05, 0) is 12.1 Å². The zero-order valence-corrected chi connectivity index (χ0v) is 9.45. The molecule has 1 heterocycles. The summed E-state index contributed by atoms with van der Waals surface area (Å²) in [4.78, 5) is 14.5. The number of benzene rings is 1. The number of nitrogens with zero attached hydrogens (tertiary/aromatic N) is 3. The highest BCUT2D eigenvalue weighted by atomic mass is 16.6. The van der Waals surface area contributed by atoms with Gasteiger partial charge in [0.1, 0.15) is 5.82 Å². The maximum Gasteiger partial charge on any atom is 0.310 e. The molecule has 6 heteroatoms. The van der Waals surface area contributed by atoms with Gasteiger partial charge in [0.25, 0.3) is 0 Å². The Morgan fingerprint density at radius 3 is 2.76 bits per heavy atom. The molecule has 0 aliphatic rings. The van der Waals surface area contributed by atoms with Gasteiger partial charge in [-0.1, -0.05) is 0 Å². The molecule has 0 spiro atoms. The second-order valence-electron chi connectivity index (χ2n) is 3.51. The number of hydrogen-bond acceptors (Lipinski definition) is 4. The average molecular weight is 233 g/mol. The van der Waals surface area contributed by atoms with Crippen LogP contribution in [-0.2, 0) is 7.05 Å². The van der Waals surface area contributed by atoms with E-state index in [4.69, 9.17) is 4.74 Å². The molecule has 1 aromatic heterocycles. The zero-order valence-electron chi connectivity index (χ0n) is 9.45. The number of imidazole rings is 1. The molecule has 1 aromatic carbocycles. The predicted octanol–water partition coefficient (Wildman–Crippen LogP) is 2.00. The summed E-state index contributed by atoms with van der Waals surface area (Å²) in [7, 11) is 3.26. The molecule has 0 atom stereocenters. The van der Waals surface area contributed by atoms with Crippen LogP contribution in [0.5, 0.6) is 5.75 Å². The summed E-state index contributed by atoms with van der Waals surface area (Å²) in [5, 5.41) is 10.8. The first kappa shape index (κ1) is 11.1. The first-order chi connectivity index (χ1) is 8.13. The van der Waals surface area contributed by atoms with Crippen LogP contribution in [0, 0.1) is 10.1 Å². The Balaban J connectivity index is 2.52. The molecule has 0 radical (unpaired) electrons. The Kier molecular flexibility index (Phi) is 2.78. The highest BCUT2D eigenvalue weighted by Crippen LogP contribution is 2.31. The van der Waals surface area contributed by atoms with Gasteiger partial charge < -0.3 is 9.30 Å². The normalized spacial score (nSPS) is 10.2. The highest BCUT2D eigenvalue weighted by Gasteiger charge is 2.16. The van der Waals surface area contributed by atoms with Gasteiger partial charge in [-0.15, -0.1) is 0 Å². The number of nitro benzene ring substituents is 1. The third-order valence-corrected chi connectivity index (χ3v) is 2.46. The van der Waals surface area contributed by atoms with Crippen LogP contribution in [0.1, 0.15) is 0 Å². The van der Waals surface area contributed by atoms with E-state index >= 15 is 0 Å². The quantitative estimate of drug-likeness (QED) is 0.600. The third kappa shape index (κ3) is 1.96. The number of hydrogen-bond donors (Lipinski definition) is 0. The summed E-state index contributed by atoms with van der Waals surface area (Å²) in [6, 6.07) is 4.69. The zero-order chi connectivity index (χ0) is 12.4. The monoisotopic (exact) mass is 233 g/mol. The van der Waals surface area contributed by atoms with Crippen molar-refractivity contribution in [3.8, 4) is 17.1 Å². The van der Waals surface area contributed by atoms with Crippen LogP contribution >= 0.6 is 0 Å². The highest BCUT2D eigenvalue weighted by molar-refractivity contribution is 5.63.